The number of allylic oxidation sites excluding steroid dienone is 3. The maximum Gasteiger partial charge on any atom is 0.0145 e. The van der Waals surface area contributed by atoms with Gasteiger partial charge in [-0.15, -0.1) is 0 Å². The van der Waals surface area contributed by atoms with Gasteiger partial charge < -0.3 is 5.32 Å². The molecule has 0 aromatic carbocycles. The lowest BCUT2D eigenvalue weighted by Crippen LogP contribution is -2.02. The summed E-state index contributed by atoms with van der Waals surface area (Å²) in [5, 5.41) is 3.10. The Kier molecular flexibility index (Phi) is 1.38. The quantitative estimate of drug-likeness (QED) is 0.537. The van der Waals surface area contributed by atoms with Gasteiger partial charge in [0.15, 0.2) is 0 Å². The molecule has 44 valence electrons. The molecule has 0 amide bonds. The maximum atomic E-state index is 3.10. The molecule has 1 rings (SSSR count). The van der Waals surface area contributed by atoms with Crippen molar-refractivity contribution in [3.63, 3.8) is 0 Å². The third kappa shape index (κ3) is 0.915. The molecule has 0 spiro atoms. The minimum absolute atomic E-state index is 1.11. The van der Waals surface area contributed by atoms with Crippen molar-refractivity contribution in [3.8, 4) is 0 Å². The largest absolute Gasteiger partial charge is 0.391 e. The molecule has 0 heterocycles. The smallest absolute Gasteiger partial charge is 0.0145 e. The predicted molar refractivity (Wildman–Crippen MR) is 35.5 cm³/mol. The van der Waals surface area contributed by atoms with Crippen molar-refractivity contribution in [2.24, 2.45) is 0 Å². The average Bonchev–Trinajstić information content (AvgIpc) is 2.14. The van der Waals surface area contributed by atoms with Gasteiger partial charge in [-0.3, -0.25) is 0 Å². The lowest BCUT2D eigenvalue weighted by atomic mass is 10.2. The van der Waals surface area contributed by atoms with E-state index in [9.17, 15) is 0 Å². The zero-order valence-corrected chi connectivity index (χ0v) is 5.36. The molecule has 0 saturated heterocycles. The summed E-state index contributed by atoms with van der Waals surface area (Å²) in [6.07, 6.45) is 5.37. The summed E-state index contributed by atoms with van der Waals surface area (Å²) in [6.45, 7) is 2.14. The van der Waals surface area contributed by atoms with Crippen LogP contribution in [0.1, 0.15) is 13.3 Å². The summed E-state index contributed by atoms with van der Waals surface area (Å²) in [5.74, 6) is 0. The first-order chi connectivity index (χ1) is 3.83. The van der Waals surface area contributed by atoms with Crippen LogP contribution in [0, 0.1) is 0 Å². The Balaban J connectivity index is 2.49. The zero-order valence-electron chi connectivity index (χ0n) is 5.36. The fourth-order valence-electron chi connectivity index (χ4n) is 0.833. The van der Waals surface area contributed by atoms with E-state index in [1.807, 2.05) is 7.05 Å². The summed E-state index contributed by atoms with van der Waals surface area (Å²) in [7, 11) is 1.96. The van der Waals surface area contributed by atoms with Crippen LogP contribution in [0.5, 0.6) is 0 Å². The minimum atomic E-state index is 1.11. The Bertz CT molecular complexity index is 142. The van der Waals surface area contributed by atoms with Gasteiger partial charge in [0.05, 0.1) is 0 Å². The second kappa shape index (κ2) is 2.03. The molecule has 1 nitrogen and oxygen atoms in total. The van der Waals surface area contributed by atoms with Crippen molar-refractivity contribution >= 4 is 0 Å². The minimum Gasteiger partial charge on any atom is -0.391 e. The first-order valence-electron chi connectivity index (χ1n) is 2.87. The van der Waals surface area contributed by atoms with Crippen LogP contribution >= 0.6 is 0 Å². The van der Waals surface area contributed by atoms with E-state index >= 15 is 0 Å². The fraction of sp³-hybridized carbons (Fsp3) is 0.429. The third-order valence-electron chi connectivity index (χ3n) is 1.36. The van der Waals surface area contributed by atoms with Gasteiger partial charge in [0.25, 0.3) is 0 Å². The van der Waals surface area contributed by atoms with Crippen LogP contribution in [0.4, 0.5) is 0 Å². The Morgan fingerprint density at radius 3 is 2.50 bits per heavy atom. The highest BCUT2D eigenvalue weighted by Crippen LogP contribution is 2.14. The van der Waals surface area contributed by atoms with Crippen molar-refractivity contribution in [3.05, 3.63) is 23.4 Å². The van der Waals surface area contributed by atoms with Gasteiger partial charge in [0, 0.05) is 19.2 Å². The molecule has 0 bridgehead atoms. The van der Waals surface area contributed by atoms with Crippen molar-refractivity contribution in [1.82, 2.24) is 5.32 Å². The first kappa shape index (κ1) is 5.42. The molecule has 0 atom stereocenters. The summed E-state index contributed by atoms with van der Waals surface area (Å²) >= 11 is 0. The number of nitrogens with one attached hydrogen (secondary N) is 1. The molecule has 8 heavy (non-hydrogen) atoms. The van der Waals surface area contributed by atoms with Gasteiger partial charge in [-0.1, -0.05) is 11.6 Å². The van der Waals surface area contributed by atoms with Crippen LogP contribution in [-0.2, 0) is 0 Å². The maximum absolute atomic E-state index is 3.10. The molecular formula is C7H11N. The first-order valence-corrected chi connectivity index (χ1v) is 2.87. The van der Waals surface area contributed by atoms with E-state index in [1.165, 1.54) is 11.3 Å². The Labute approximate surface area is 50.1 Å². The second-order valence-corrected chi connectivity index (χ2v) is 2.13. The summed E-state index contributed by atoms with van der Waals surface area (Å²) in [5.41, 5.74) is 2.76. The van der Waals surface area contributed by atoms with E-state index in [-0.39, 0.29) is 0 Å². The van der Waals surface area contributed by atoms with Gasteiger partial charge in [0.1, 0.15) is 0 Å². The van der Waals surface area contributed by atoms with E-state index in [1.54, 1.807) is 0 Å². The molecule has 0 saturated carbocycles. The third-order valence-corrected chi connectivity index (χ3v) is 1.36. The summed E-state index contributed by atoms with van der Waals surface area (Å²) < 4.78 is 0. The van der Waals surface area contributed by atoms with Crippen molar-refractivity contribution in [2.45, 2.75) is 13.3 Å². The van der Waals surface area contributed by atoms with Gasteiger partial charge in [-0.2, -0.15) is 0 Å². The molecular weight excluding hydrogens is 98.1 g/mol. The molecule has 1 aliphatic carbocycles. The van der Waals surface area contributed by atoms with Gasteiger partial charge in [0.2, 0.25) is 0 Å². The monoisotopic (exact) mass is 109 g/mol. The molecule has 1 aliphatic rings. The SMILES string of the molecule is CNC1=CC=C(C)C1. The Hall–Kier alpha value is -0.720. The second-order valence-electron chi connectivity index (χ2n) is 2.13. The van der Waals surface area contributed by atoms with Crippen LogP contribution in [0.25, 0.3) is 0 Å². The molecule has 1 heteroatoms. The highest BCUT2D eigenvalue weighted by atomic mass is 14.8. The zero-order chi connectivity index (χ0) is 5.98. The molecule has 0 aromatic heterocycles. The Morgan fingerprint density at radius 1 is 1.50 bits per heavy atom. The van der Waals surface area contributed by atoms with Crippen LogP contribution in [-0.4, -0.2) is 7.05 Å². The highest BCUT2D eigenvalue weighted by molar-refractivity contribution is 5.27. The van der Waals surface area contributed by atoms with E-state index in [2.05, 4.69) is 24.4 Å². The standard InChI is InChI=1S/C7H11N/c1-6-3-4-7(5-6)8-2/h3-4,8H,5H2,1-2H3. The number of hydrogen-bond acceptors (Lipinski definition) is 1. The fourth-order valence-corrected chi connectivity index (χ4v) is 0.833. The summed E-state index contributed by atoms with van der Waals surface area (Å²) in [6, 6.07) is 0. The van der Waals surface area contributed by atoms with Crippen LogP contribution in [0.3, 0.4) is 0 Å². The van der Waals surface area contributed by atoms with Crippen molar-refractivity contribution in [2.75, 3.05) is 7.05 Å². The van der Waals surface area contributed by atoms with Crippen LogP contribution < -0.4 is 5.32 Å². The van der Waals surface area contributed by atoms with Crippen molar-refractivity contribution < 1.29 is 0 Å². The van der Waals surface area contributed by atoms with Crippen LogP contribution in [0.15, 0.2) is 23.4 Å². The number of hydrogen-bond donors (Lipinski definition) is 1. The molecule has 0 radical (unpaired) electrons. The van der Waals surface area contributed by atoms with Crippen LogP contribution in [0.2, 0.25) is 0 Å². The lowest BCUT2D eigenvalue weighted by molar-refractivity contribution is 0.931. The molecule has 0 unspecified atom stereocenters. The normalized spacial score (nSPS) is 17.8. The molecule has 1 N–H and O–H groups in total. The predicted octanol–water partition coefficient (Wildman–Crippen LogP) is 1.44. The average molecular weight is 109 g/mol. The van der Waals surface area contributed by atoms with E-state index in [4.69, 9.17) is 0 Å². The van der Waals surface area contributed by atoms with E-state index < -0.39 is 0 Å². The van der Waals surface area contributed by atoms with E-state index in [0.29, 0.717) is 0 Å². The van der Waals surface area contributed by atoms with Gasteiger partial charge in [-0.25, -0.2) is 0 Å². The van der Waals surface area contributed by atoms with Gasteiger partial charge in [-0.05, 0) is 13.0 Å². The van der Waals surface area contributed by atoms with Crippen molar-refractivity contribution in [1.29, 1.82) is 0 Å². The number of rotatable bonds is 1. The van der Waals surface area contributed by atoms with Gasteiger partial charge >= 0.3 is 0 Å². The van der Waals surface area contributed by atoms with E-state index in [0.717, 1.165) is 6.42 Å². The highest BCUT2D eigenvalue weighted by Gasteiger charge is 1.99. The molecule has 0 fully saturated rings. The topological polar surface area (TPSA) is 12.0 Å². The molecule has 0 aromatic rings. The lowest BCUT2D eigenvalue weighted by Gasteiger charge is -1.97. The summed E-state index contributed by atoms with van der Waals surface area (Å²) in [4.78, 5) is 0. The molecule has 0 aliphatic heterocycles. The Morgan fingerprint density at radius 2 is 2.25 bits per heavy atom.